The standard InChI is InChI=1S/C22H23ClN2O4/c1-14-5-4-6-18(15(14)2)24-20(26)13-25(3)21(27)8-7-16-11-17(23)22-19(12-16)28-9-10-29-22/h4-8,11-12H,9-10,13H2,1-3H3,(H,24,26)/b8-7+. The molecule has 1 aliphatic rings. The molecule has 6 nitrogen and oxygen atoms in total. The Kier molecular flexibility index (Phi) is 6.44. The maximum atomic E-state index is 12.4. The predicted molar refractivity (Wildman–Crippen MR) is 114 cm³/mol. The number of anilines is 1. The van der Waals surface area contributed by atoms with Gasteiger partial charge in [0.1, 0.15) is 13.2 Å². The van der Waals surface area contributed by atoms with Crippen molar-refractivity contribution in [1.82, 2.24) is 4.90 Å². The van der Waals surface area contributed by atoms with Crippen molar-refractivity contribution < 1.29 is 19.1 Å². The average molecular weight is 415 g/mol. The zero-order chi connectivity index (χ0) is 21.0. The molecule has 0 saturated carbocycles. The van der Waals surface area contributed by atoms with E-state index in [1.807, 2.05) is 32.0 Å². The molecule has 0 spiro atoms. The second kappa shape index (κ2) is 9.01. The second-order valence-corrected chi connectivity index (χ2v) is 7.26. The molecule has 2 aromatic carbocycles. The van der Waals surface area contributed by atoms with Crippen LogP contribution in [0.3, 0.4) is 0 Å². The van der Waals surface area contributed by atoms with Gasteiger partial charge in [0.25, 0.3) is 0 Å². The fourth-order valence-electron chi connectivity index (χ4n) is 2.89. The third-order valence-corrected chi connectivity index (χ3v) is 4.95. The Labute approximate surface area is 175 Å². The molecule has 3 rings (SSSR count). The van der Waals surface area contributed by atoms with Crippen molar-refractivity contribution in [3.63, 3.8) is 0 Å². The van der Waals surface area contributed by atoms with Crippen LogP contribution in [0.5, 0.6) is 11.5 Å². The molecule has 0 unspecified atom stereocenters. The molecule has 0 aliphatic carbocycles. The van der Waals surface area contributed by atoms with Crippen LogP contribution >= 0.6 is 11.6 Å². The zero-order valence-electron chi connectivity index (χ0n) is 16.6. The number of nitrogens with one attached hydrogen (secondary N) is 1. The number of hydrogen-bond acceptors (Lipinski definition) is 4. The number of hydrogen-bond donors (Lipinski definition) is 1. The molecule has 1 aliphatic heterocycles. The van der Waals surface area contributed by atoms with Crippen LogP contribution in [-0.4, -0.2) is 43.5 Å². The largest absolute Gasteiger partial charge is 0.486 e. The van der Waals surface area contributed by atoms with Crippen LogP contribution in [0.1, 0.15) is 16.7 Å². The lowest BCUT2D eigenvalue weighted by Gasteiger charge is -2.19. The van der Waals surface area contributed by atoms with E-state index in [-0.39, 0.29) is 18.4 Å². The normalized spacial score (nSPS) is 12.7. The lowest BCUT2D eigenvalue weighted by molar-refractivity contribution is -0.129. The Morgan fingerprint density at radius 2 is 1.97 bits per heavy atom. The van der Waals surface area contributed by atoms with E-state index in [4.69, 9.17) is 21.1 Å². The number of carbonyl (C=O) groups excluding carboxylic acids is 2. The first kappa shape index (κ1) is 20.7. The summed E-state index contributed by atoms with van der Waals surface area (Å²) < 4.78 is 11.0. The van der Waals surface area contributed by atoms with Crippen molar-refractivity contribution >= 4 is 35.2 Å². The van der Waals surface area contributed by atoms with Crippen molar-refractivity contribution in [2.45, 2.75) is 13.8 Å². The summed E-state index contributed by atoms with van der Waals surface area (Å²) >= 11 is 6.21. The summed E-state index contributed by atoms with van der Waals surface area (Å²) in [5.41, 5.74) is 3.55. The Morgan fingerprint density at radius 3 is 2.76 bits per heavy atom. The van der Waals surface area contributed by atoms with Crippen LogP contribution in [0.4, 0.5) is 5.69 Å². The number of likely N-dealkylation sites (N-methyl/N-ethyl adjacent to an activating group) is 1. The van der Waals surface area contributed by atoms with Crippen LogP contribution in [0, 0.1) is 13.8 Å². The van der Waals surface area contributed by atoms with Gasteiger partial charge in [0, 0.05) is 18.8 Å². The van der Waals surface area contributed by atoms with Gasteiger partial charge in [0.15, 0.2) is 11.5 Å². The number of carbonyl (C=O) groups is 2. The van der Waals surface area contributed by atoms with E-state index in [1.165, 1.54) is 11.0 Å². The van der Waals surface area contributed by atoms with Crippen molar-refractivity contribution in [1.29, 1.82) is 0 Å². The quantitative estimate of drug-likeness (QED) is 0.755. The molecule has 0 fully saturated rings. The van der Waals surface area contributed by atoms with Crippen LogP contribution in [-0.2, 0) is 9.59 Å². The average Bonchev–Trinajstić information content (AvgIpc) is 2.69. The van der Waals surface area contributed by atoms with Crippen LogP contribution in [0.25, 0.3) is 6.08 Å². The highest BCUT2D eigenvalue weighted by Crippen LogP contribution is 2.38. The van der Waals surface area contributed by atoms with Gasteiger partial charge in [0.05, 0.1) is 11.6 Å². The zero-order valence-corrected chi connectivity index (χ0v) is 17.4. The Morgan fingerprint density at radius 1 is 1.21 bits per heavy atom. The van der Waals surface area contributed by atoms with Crippen LogP contribution in [0.2, 0.25) is 5.02 Å². The summed E-state index contributed by atoms with van der Waals surface area (Å²) in [4.78, 5) is 26.0. The minimum absolute atomic E-state index is 0.0571. The molecular weight excluding hydrogens is 392 g/mol. The van der Waals surface area contributed by atoms with E-state index in [0.717, 1.165) is 16.8 Å². The first-order valence-corrected chi connectivity index (χ1v) is 9.61. The highest BCUT2D eigenvalue weighted by molar-refractivity contribution is 6.32. The van der Waals surface area contributed by atoms with Crippen LogP contribution < -0.4 is 14.8 Å². The van der Waals surface area contributed by atoms with Gasteiger partial charge >= 0.3 is 0 Å². The van der Waals surface area contributed by atoms with Crippen molar-refractivity contribution in [2.24, 2.45) is 0 Å². The molecule has 0 atom stereocenters. The first-order valence-electron chi connectivity index (χ1n) is 9.23. The van der Waals surface area contributed by atoms with Gasteiger partial charge < -0.3 is 19.7 Å². The third-order valence-electron chi connectivity index (χ3n) is 4.67. The number of halogens is 1. The molecular formula is C22H23ClN2O4. The Balaban J connectivity index is 1.61. The minimum atomic E-state index is -0.299. The lowest BCUT2D eigenvalue weighted by atomic mass is 10.1. The minimum Gasteiger partial charge on any atom is -0.486 e. The Hall–Kier alpha value is -2.99. The van der Waals surface area contributed by atoms with Crippen molar-refractivity contribution in [3.8, 4) is 11.5 Å². The van der Waals surface area contributed by atoms with Gasteiger partial charge in [-0.2, -0.15) is 0 Å². The number of fused-ring (bicyclic) bond motifs is 1. The fourth-order valence-corrected chi connectivity index (χ4v) is 3.17. The molecule has 0 aromatic heterocycles. The molecule has 0 saturated heterocycles. The van der Waals surface area contributed by atoms with E-state index < -0.39 is 0 Å². The monoisotopic (exact) mass is 414 g/mol. The van der Waals surface area contributed by atoms with Crippen molar-refractivity contribution in [3.05, 3.63) is 58.1 Å². The number of ether oxygens (including phenoxy) is 2. The predicted octanol–water partition coefficient (Wildman–Crippen LogP) is 3.84. The molecule has 1 heterocycles. The summed E-state index contributed by atoms with van der Waals surface area (Å²) in [6.07, 6.45) is 3.03. The molecule has 7 heteroatoms. The highest BCUT2D eigenvalue weighted by atomic mass is 35.5. The Bertz CT molecular complexity index is 972. The van der Waals surface area contributed by atoms with Gasteiger partial charge in [0.2, 0.25) is 11.8 Å². The number of aryl methyl sites for hydroxylation is 1. The summed E-state index contributed by atoms with van der Waals surface area (Å²) in [6.45, 7) is 4.78. The van der Waals surface area contributed by atoms with Gasteiger partial charge in [-0.15, -0.1) is 0 Å². The topological polar surface area (TPSA) is 67.9 Å². The lowest BCUT2D eigenvalue weighted by Crippen LogP contribution is -2.34. The van der Waals surface area contributed by atoms with E-state index in [2.05, 4.69) is 5.32 Å². The van der Waals surface area contributed by atoms with E-state index in [0.29, 0.717) is 35.3 Å². The van der Waals surface area contributed by atoms with Crippen molar-refractivity contribution in [2.75, 3.05) is 32.1 Å². The van der Waals surface area contributed by atoms with Gasteiger partial charge in [-0.05, 0) is 54.8 Å². The van der Waals surface area contributed by atoms with Gasteiger partial charge in [-0.1, -0.05) is 23.7 Å². The second-order valence-electron chi connectivity index (χ2n) is 6.85. The number of amides is 2. The molecule has 2 aromatic rings. The highest BCUT2D eigenvalue weighted by Gasteiger charge is 2.16. The van der Waals surface area contributed by atoms with Gasteiger partial charge in [-0.3, -0.25) is 9.59 Å². The molecule has 2 amide bonds. The molecule has 152 valence electrons. The number of nitrogens with zero attached hydrogens (tertiary/aromatic N) is 1. The molecule has 1 N–H and O–H groups in total. The first-order chi connectivity index (χ1) is 13.8. The van der Waals surface area contributed by atoms with E-state index >= 15 is 0 Å². The summed E-state index contributed by atoms with van der Waals surface area (Å²) in [5, 5.41) is 3.27. The maximum absolute atomic E-state index is 12.4. The van der Waals surface area contributed by atoms with E-state index in [1.54, 1.807) is 25.3 Å². The number of benzene rings is 2. The number of rotatable bonds is 5. The maximum Gasteiger partial charge on any atom is 0.246 e. The van der Waals surface area contributed by atoms with Gasteiger partial charge in [-0.25, -0.2) is 0 Å². The van der Waals surface area contributed by atoms with E-state index in [9.17, 15) is 9.59 Å². The third kappa shape index (κ3) is 5.09. The fraction of sp³-hybridized carbons (Fsp3) is 0.273. The summed E-state index contributed by atoms with van der Waals surface area (Å²) in [7, 11) is 1.58. The molecule has 0 radical (unpaired) electrons. The molecule has 0 bridgehead atoms. The summed E-state index contributed by atoms with van der Waals surface area (Å²) in [6, 6.07) is 9.17. The molecule has 29 heavy (non-hydrogen) atoms. The smallest absolute Gasteiger partial charge is 0.246 e. The summed E-state index contributed by atoms with van der Waals surface area (Å²) in [5.74, 6) is 0.510. The van der Waals surface area contributed by atoms with Crippen LogP contribution in [0.15, 0.2) is 36.4 Å². The SMILES string of the molecule is Cc1cccc(NC(=O)CN(C)C(=O)/C=C/c2cc(Cl)c3c(c2)OCCO3)c1C.